The third-order valence-corrected chi connectivity index (χ3v) is 4.21. The summed E-state index contributed by atoms with van der Waals surface area (Å²) in [5.74, 6) is 0. The Kier molecular flexibility index (Phi) is 6.91. The molecule has 0 bridgehead atoms. The van der Waals surface area contributed by atoms with E-state index < -0.39 is 0 Å². The maximum Gasteiger partial charge on any atom is 0.0112 e. The van der Waals surface area contributed by atoms with E-state index in [4.69, 9.17) is 5.73 Å². The summed E-state index contributed by atoms with van der Waals surface area (Å²) in [6.07, 6.45) is 16.8. The van der Waals surface area contributed by atoms with Gasteiger partial charge >= 0.3 is 0 Å². The van der Waals surface area contributed by atoms with Crippen LogP contribution in [0.2, 0.25) is 0 Å². The predicted octanol–water partition coefficient (Wildman–Crippen LogP) is 5.48. The van der Waals surface area contributed by atoms with Crippen LogP contribution < -0.4 is 5.73 Å². The van der Waals surface area contributed by atoms with E-state index in [1.54, 1.807) is 5.57 Å². The van der Waals surface area contributed by atoms with Gasteiger partial charge in [-0.2, -0.15) is 0 Å². The van der Waals surface area contributed by atoms with Crippen LogP contribution in [0.1, 0.15) is 53.9 Å². The Morgan fingerprint density at radius 2 is 1.90 bits per heavy atom. The first-order valence-electron chi connectivity index (χ1n) is 7.97. The van der Waals surface area contributed by atoms with Gasteiger partial charge in [0.05, 0.1) is 0 Å². The molecule has 0 saturated carbocycles. The molecule has 0 unspecified atom stereocenters. The van der Waals surface area contributed by atoms with Crippen LogP contribution in [0, 0.1) is 5.41 Å². The Balaban J connectivity index is 2.78. The molecular formula is C20H31N. The SMILES string of the molecule is CC1=C(/C=C/C(C)=C/C=C\C(C)=C\CN)C(C)(C)CCC1. The van der Waals surface area contributed by atoms with Crippen molar-refractivity contribution in [3.8, 4) is 0 Å². The molecule has 0 fully saturated rings. The molecule has 2 N–H and O–H groups in total. The lowest BCUT2D eigenvalue weighted by Gasteiger charge is -2.32. The number of hydrogen-bond acceptors (Lipinski definition) is 1. The highest BCUT2D eigenvalue weighted by Crippen LogP contribution is 2.40. The van der Waals surface area contributed by atoms with E-state index in [0.29, 0.717) is 12.0 Å². The van der Waals surface area contributed by atoms with Crippen molar-refractivity contribution >= 4 is 0 Å². The fourth-order valence-corrected chi connectivity index (χ4v) is 2.89. The summed E-state index contributed by atoms with van der Waals surface area (Å²) in [5, 5.41) is 0. The van der Waals surface area contributed by atoms with Crippen molar-refractivity contribution in [3.63, 3.8) is 0 Å². The van der Waals surface area contributed by atoms with Crippen LogP contribution in [0.15, 0.2) is 58.7 Å². The minimum absolute atomic E-state index is 0.315. The average Bonchev–Trinajstić information content (AvgIpc) is 2.37. The van der Waals surface area contributed by atoms with Crippen LogP contribution in [0.5, 0.6) is 0 Å². The van der Waals surface area contributed by atoms with Gasteiger partial charge < -0.3 is 5.73 Å². The van der Waals surface area contributed by atoms with E-state index in [1.807, 2.05) is 6.08 Å². The summed E-state index contributed by atoms with van der Waals surface area (Å²) < 4.78 is 0. The summed E-state index contributed by atoms with van der Waals surface area (Å²) in [4.78, 5) is 0. The molecule has 0 amide bonds. The molecule has 0 saturated heterocycles. The van der Waals surface area contributed by atoms with E-state index in [0.717, 1.165) is 0 Å². The molecule has 1 nitrogen and oxygen atoms in total. The monoisotopic (exact) mass is 285 g/mol. The Hall–Kier alpha value is -1.34. The van der Waals surface area contributed by atoms with E-state index in [9.17, 15) is 0 Å². The number of allylic oxidation sites excluding steroid dienone is 9. The maximum atomic E-state index is 5.49. The molecule has 1 aliphatic carbocycles. The number of rotatable bonds is 5. The molecule has 116 valence electrons. The van der Waals surface area contributed by atoms with Crippen molar-refractivity contribution in [3.05, 3.63) is 58.7 Å². The van der Waals surface area contributed by atoms with Crippen molar-refractivity contribution in [2.75, 3.05) is 6.54 Å². The van der Waals surface area contributed by atoms with Crippen molar-refractivity contribution in [1.82, 2.24) is 0 Å². The highest BCUT2D eigenvalue weighted by atomic mass is 14.5. The van der Waals surface area contributed by atoms with Gasteiger partial charge in [-0.15, -0.1) is 0 Å². The quantitative estimate of drug-likeness (QED) is 0.665. The topological polar surface area (TPSA) is 26.0 Å². The van der Waals surface area contributed by atoms with E-state index in [1.165, 1.54) is 36.0 Å². The normalized spacial score (nSPS) is 20.9. The van der Waals surface area contributed by atoms with Crippen LogP contribution in [0.3, 0.4) is 0 Å². The van der Waals surface area contributed by atoms with E-state index >= 15 is 0 Å². The number of nitrogens with two attached hydrogens (primary N) is 1. The first-order chi connectivity index (χ1) is 9.86. The molecule has 0 radical (unpaired) electrons. The van der Waals surface area contributed by atoms with Gasteiger partial charge in [-0.3, -0.25) is 0 Å². The summed E-state index contributed by atoms with van der Waals surface area (Å²) in [6, 6.07) is 0. The summed E-state index contributed by atoms with van der Waals surface area (Å²) in [5.41, 5.74) is 11.3. The minimum Gasteiger partial charge on any atom is -0.327 e. The second-order valence-electron chi connectivity index (χ2n) is 6.72. The van der Waals surface area contributed by atoms with Crippen molar-refractivity contribution in [1.29, 1.82) is 0 Å². The molecule has 0 spiro atoms. The van der Waals surface area contributed by atoms with Crippen LogP contribution in [-0.2, 0) is 0 Å². The number of hydrogen-bond donors (Lipinski definition) is 1. The third kappa shape index (κ3) is 5.89. The molecule has 1 rings (SSSR count). The van der Waals surface area contributed by atoms with Gasteiger partial charge in [0.1, 0.15) is 0 Å². The lowest BCUT2D eigenvalue weighted by Crippen LogP contribution is -2.19. The smallest absolute Gasteiger partial charge is 0.0112 e. The zero-order chi connectivity index (χ0) is 15.9. The molecule has 21 heavy (non-hydrogen) atoms. The van der Waals surface area contributed by atoms with Crippen molar-refractivity contribution in [2.45, 2.75) is 53.9 Å². The second kappa shape index (κ2) is 8.19. The zero-order valence-corrected chi connectivity index (χ0v) is 14.4. The summed E-state index contributed by atoms with van der Waals surface area (Å²) in [7, 11) is 0. The highest BCUT2D eigenvalue weighted by molar-refractivity contribution is 5.37. The van der Waals surface area contributed by atoms with Gasteiger partial charge in [0.25, 0.3) is 0 Å². The molecule has 0 heterocycles. The molecule has 0 aromatic carbocycles. The van der Waals surface area contributed by atoms with Crippen LogP contribution in [0.4, 0.5) is 0 Å². The molecule has 0 atom stereocenters. The third-order valence-electron chi connectivity index (χ3n) is 4.21. The van der Waals surface area contributed by atoms with E-state index in [-0.39, 0.29) is 0 Å². The molecule has 0 aromatic rings. The molecule has 1 aliphatic rings. The highest BCUT2D eigenvalue weighted by Gasteiger charge is 2.26. The van der Waals surface area contributed by atoms with Gasteiger partial charge in [-0.05, 0) is 51.0 Å². The molecule has 0 aliphatic heterocycles. The minimum atomic E-state index is 0.315. The maximum absolute atomic E-state index is 5.49. The second-order valence-corrected chi connectivity index (χ2v) is 6.72. The van der Waals surface area contributed by atoms with Crippen molar-refractivity contribution < 1.29 is 0 Å². The zero-order valence-electron chi connectivity index (χ0n) is 14.4. The predicted molar refractivity (Wildman–Crippen MR) is 95.2 cm³/mol. The lowest BCUT2D eigenvalue weighted by atomic mass is 9.72. The van der Waals surface area contributed by atoms with Gasteiger partial charge in [-0.1, -0.05) is 67.0 Å². The summed E-state index contributed by atoms with van der Waals surface area (Å²) in [6.45, 7) is 11.8. The lowest BCUT2D eigenvalue weighted by molar-refractivity contribution is 0.377. The molecular weight excluding hydrogens is 254 g/mol. The van der Waals surface area contributed by atoms with Crippen molar-refractivity contribution in [2.24, 2.45) is 11.1 Å². The van der Waals surface area contributed by atoms with Gasteiger partial charge in [0.2, 0.25) is 0 Å². The van der Waals surface area contributed by atoms with Crippen LogP contribution in [0.25, 0.3) is 0 Å². The summed E-state index contributed by atoms with van der Waals surface area (Å²) >= 11 is 0. The Bertz CT molecular complexity index is 496. The van der Waals surface area contributed by atoms with Gasteiger partial charge in [0, 0.05) is 6.54 Å². The Morgan fingerprint density at radius 3 is 2.52 bits per heavy atom. The van der Waals surface area contributed by atoms with Crippen LogP contribution in [-0.4, -0.2) is 6.54 Å². The first-order valence-corrected chi connectivity index (χ1v) is 7.97. The standard InChI is InChI=1S/C20H31N/c1-16(8-6-9-17(2)13-15-21)11-12-19-18(3)10-7-14-20(19,4)5/h6,8-9,11-13H,7,10,14-15,21H2,1-5H3/b9-6-,12-11+,16-8+,17-13+. The van der Waals surface area contributed by atoms with Crippen LogP contribution >= 0.6 is 0 Å². The fraction of sp³-hybridized carbons (Fsp3) is 0.500. The molecule has 0 aromatic heterocycles. The largest absolute Gasteiger partial charge is 0.327 e. The average molecular weight is 285 g/mol. The van der Waals surface area contributed by atoms with E-state index in [2.05, 4.69) is 65.0 Å². The molecule has 1 heteroatoms. The first kappa shape index (κ1) is 17.7. The van der Waals surface area contributed by atoms with Gasteiger partial charge in [0.15, 0.2) is 0 Å². The Morgan fingerprint density at radius 1 is 1.19 bits per heavy atom. The Labute approximate surface area is 131 Å². The fourth-order valence-electron chi connectivity index (χ4n) is 2.89. The van der Waals surface area contributed by atoms with Gasteiger partial charge in [-0.25, -0.2) is 0 Å².